The van der Waals surface area contributed by atoms with Crippen LogP contribution in [0.4, 0.5) is 5.82 Å². The monoisotopic (exact) mass is 201 g/mol. The molecule has 0 fully saturated rings. The summed E-state index contributed by atoms with van der Waals surface area (Å²) in [6.07, 6.45) is 6.27. The number of anilines is 1. The third-order valence-electron chi connectivity index (χ3n) is 2.17. The molecule has 0 spiro atoms. The molecule has 3 heterocycles. The minimum atomic E-state index is 0.347. The number of furan rings is 1. The molecule has 0 unspecified atom stereocenters. The Morgan fingerprint density at radius 2 is 2.07 bits per heavy atom. The first-order valence-electron chi connectivity index (χ1n) is 4.38. The Kier molecular flexibility index (Phi) is 1.53. The molecule has 0 bridgehead atoms. The first-order chi connectivity index (χ1) is 7.36. The zero-order valence-corrected chi connectivity index (χ0v) is 7.68. The van der Waals surface area contributed by atoms with Gasteiger partial charge in [-0.25, -0.2) is 9.97 Å². The van der Waals surface area contributed by atoms with Crippen LogP contribution in [0, 0.1) is 0 Å². The quantitative estimate of drug-likeness (QED) is 0.651. The van der Waals surface area contributed by atoms with Crippen molar-refractivity contribution in [1.29, 1.82) is 0 Å². The number of aromatic nitrogens is 2. The van der Waals surface area contributed by atoms with Crippen molar-refractivity contribution in [2.45, 2.75) is 0 Å². The highest BCUT2D eigenvalue weighted by atomic mass is 16.3. The normalized spacial score (nSPS) is 10.9. The van der Waals surface area contributed by atoms with E-state index in [4.69, 9.17) is 14.6 Å². The van der Waals surface area contributed by atoms with Crippen molar-refractivity contribution in [2.24, 2.45) is 0 Å². The molecular weight excluding hydrogens is 194 g/mol. The number of rotatable bonds is 1. The molecule has 0 saturated heterocycles. The average Bonchev–Trinajstić information content (AvgIpc) is 2.85. The molecule has 0 amide bonds. The summed E-state index contributed by atoms with van der Waals surface area (Å²) in [5, 5.41) is 0.873. The highest BCUT2D eigenvalue weighted by Crippen LogP contribution is 2.31. The van der Waals surface area contributed by atoms with Gasteiger partial charge in [0, 0.05) is 11.6 Å². The summed E-state index contributed by atoms with van der Waals surface area (Å²) in [6.45, 7) is 0. The second kappa shape index (κ2) is 2.84. The van der Waals surface area contributed by atoms with Crippen molar-refractivity contribution in [3.8, 4) is 11.5 Å². The molecule has 74 valence electrons. The Morgan fingerprint density at radius 1 is 1.13 bits per heavy atom. The molecule has 0 aromatic carbocycles. The van der Waals surface area contributed by atoms with Gasteiger partial charge in [-0.3, -0.25) is 0 Å². The molecule has 0 saturated carbocycles. The topological polar surface area (TPSA) is 78.1 Å². The van der Waals surface area contributed by atoms with Gasteiger partial charge in [-0.15, -0.1) is 0 Å². The average molecular weight is 201 g/mol. The molecule has 0 aliphatic carbocycles. The minimum Gasteiger partial charge on any atom is -0.463 e. The maximum Gasteiger partial charge on any atom is 0.233 e. The number of hydrogen-bond acceptors (Lipinski definition) is 5. The van der Waals surface area contributed by atoms with Gasteiger partial charge >= 0.3 is 0 Å². The Hall–Kier alpha value is -2.30. The summed E-state index contributed by atoms with van der Waals surface area (Å²) in [6, 6.07) is 1.81. The highest BCUT2D eigenvalue weighted by molar-refractivity contribution is 5.94. The predicted molar refractivity (Wildman–Crippen MR) is 53.9 cm³/mol. The Bertz CT molecular complexity index is 598. The molecule has 3 aromatic heterocycles. The molecule has 3 aromatic rings. The van der Waals surface area contributed by atoms with Crippen LogP contribution in [-0.2, 0) is 0 Å². The number of oxazole rings is 1. The van der Waals surface area contributed by atoms with Gasteiger partial charge < -0.3 is 14.6 Å². The first-order valence-corrected chi connectivity index (χ1v) is 4.38. The fourth-order valence-corrected chi connectivity index (χ4v) is 1.50. The lowest BCUT2D eigenvalue weighted by molar-refractivity contribution is 0.570. The van der Waals surface area contributed by atoms with Crippen molar-refractivity contribution < 1.29 is 8.83 Å². The van der Waals surface area contributed by atoms with Crippen LogP contribution in [0.5, 0.6) is 0 Å². The summed E-state index contributed by atoms with van der Waals surface area (Å²) in [4.78, 5) is 8.08. The molecule has 0 aliphatic rings. The van der Waals surface area contributed by atoms with Gasteiger partial charge in [0.25, 0.3) is 0 Å². The molecule has 3 rings (SSSR count). The zero-order chi connectivity index (χ0) is 10.3. The van der Waals surface area contributed by atoms with E-state index in [-0.39, 0.29) is 0 Å². The van der Waals surface area contributed by atoms with E-state index in [9.17, 15) is 0 Å². The van der Waals surface area contributed by atoms with Crippen LogP contribution >= 0.6 is 0 Å². The van der Waals surface area contributed by atoms with Gasteiger partial charge in [-0.05, 0) is 6.07 Å². The Labute approximate surface area is 84.5 Å². The van der Waals surface area contributed by atoms with E-state index in [1.54, 1.807) is 18.7 Å². The molecule has 5 heteroatoms. The van der Waals surface area contributed by atoms with Gasteiger partial charge in [0.1, 0.15) is 17.6 Å². The van der Waals surface area contributed by atoms with Gasteiger partial charge in [-0.2, -0.15) is 0 Å². The number of nitrogens with two attached hydrogens (primary N) is 1. The van der Waals surface area contributed by atoms with E-state index >= 15 is 0 Å². The number of nitrogens with zero attached hydrogens (tertiary/aromatic N) is 2. The fourth-order valence-electron chi connectivity index (χ4n) is 1.50. The van der Waals surface area contributed by atoms with Crippen LogP contribution in [0.25, 0.3) is 22.4 Å². The lowest BCUT2D eigenvalue weighted by Crippen LogP contribution is -1.94. The molecule has 15 heavy (non-hydrogen) atoms. The van der Waals surface area contributed by atoms with E-state index in [1.165, 1.54) is 6.26 Å². The maximum atomic E-state index is 5.77. The summed E-state index contributed by atoms with van der Waals surface area (Å²) in [5.41, 5.74) is 7.01. The van der Waals surface area contributed by atoms with Crippen molar-refractivity contribution in [1.82, 2.24) is 9.97 Å². The summed E-state index contributed by atoms with van der Waals surface area (Å²) in [7, 11) is 0. The van der Waals surface area contributed by atoms with Gasteiger partial charge in [-0.1, -0.05) is 0 Å². The van der Waals surface area contributed by atoms with Crippen LogP contribution in [0.15, 0.2) is 39.8 Å². The van der Waals surface area contributed by atoms with Gasteiger partial charge in [0.2, 0.25) is 5.89 Å². The minimum absolute atomic E-state index is 0.347. The number of pyridine rings is 1. The largest absolute Gasteiger partial charge is 0.463 e. The van der Waals surface area contributed by atoms with Crippen molar-refractivity contribution in [3.63, 3.8) is 0 Å². The summed E-state index contributed by atoms with van der Waals surface area (Å²) >= 11 is 0. The molecule has 0 atom stereocenters. The molecular formula is C10H7N3O2. The highest BCUT2D eigenvalue weighted by Gasteiger charge is 2.15. The molecule has 0 radical (unpaired) electrons. The number of fused-ring (bicyclic) bond motifs is 1. The second-order valence-electron chi connectivity index (χ2n) is 3.06. The van der Waals surface area contributed by atoms with Crippen molar-refractivity contribution >= 4 is 16.8 Å². The number of hydrogen-bond donors (Lipinski definition) is 1. The standard InChI is InChI=1S/C10H7N3O2/c11-9-7(10-12-2-4-15-10)8-6(5-13-9)1-3-14-8/h1-5H,(H2,11,13). The van der Waals surface area contributed by atoms with E-state index in [1.807, 2.05) is 6.07 Å². The third-order valence-corrected chi connectivity index (χ3v) is 2.17. The van der Waals surface area contributed by atoms with E-state index in [2.05, 4.69) is 9.97 Å². The van der Waals surface area contributed by atoms with E-state index in [0.29, 0.717) is 22.9 Å². The Balaban J connectivity index is 2.41. The van der Waals surface area contributed by atoms with Gasteiger partial charge in [0.05, 0.1) is 12.5 Å². The lowest BCUT2D eigenvalue weighted by Gasteiger charge is -2.00. The lowest BCUT2D eigenvalue weighted by atomic mass is 10.2. The fraction of sp³-hybridized carbons (Fsp3) is 0. The van der Waals surface area contributed by atoms with Crippen LogP contribution in [0.2, 0.25) is 0 Å². The maximum absolute atomic E-state index is 5.77. The second-order valence-corrected chi connectivity index (χ2v) is 3.06. The van der Waals surface area contributed by atoms with Crippen LogP contribution < -0.4 is 5.73 Å². The first kappa shape index (κ1) is 8.05. The van der Waals surface area contributed by atoms with Crippen molar-refractivity contribution in [2.75, 3.05) is 5.73 Å². The molecule has 2 N–H and O–H groups in total. The summed E-state index contributed by atoms with van der Waals surface area (Å²) < 4.78 is 10.5. The summed E-state index contributed by atoms with van der Waals surface area (Å²) in [5.74, 6) is 0.764. The van der Waals surface area contributed by atoms with Gasteiger partial charge in [0.15, 0.2) is 5.58 Å². The molecule has 0 aliphatic heterocycles. The van der Waals surface area contributed by atoms with Crippen LogP contribution in [0.1, 0.15) is 0 Å². The Morgan fingerprint density at radius 3 is 2.87 bits per heavy atom. The van der Waals surface area contributed by atoms with Crippen molar-refractivity contribution in [3.05, 3.63) is 31.0 Å². The van der Waals surface area contributed by atoms with E-state index < -0.39 is 0 Å². The SMILES string of the molecule is Nc1ncc2ccoc2c1-c1ncco1. The van der Waals surface area contributed by atoms with E-state index in [0.717, 1.165) is 5.39 Å². The van der Waals surface area contributed by atoms with Crippen LogP contribution in [-0.4, -0.2) is 9.97 Å². The van der Waals surface area contributed by atoms with Crippen LogP contribution in [0.3, 0.4) is 0 Å². The smallest absolute Gasteiger partial charge is 0.233 e. The number of nitrogen functional groups attached to an aromatic ring is 1. The predicted octanol–water partition coefficient (Wildman–Crippen LogP) is 2.06. The third kappa shape index (κ3) is 1.10. The zero-order valence-electron chi connectivity index (χ0n) is 7.68. The molecule has 5 nitrogen and oxygen atoms in total.